The molecule has 12 heavy (non-hydrogen) atoms. The molecule has 0 amide bonds. The summed E-state index contributed by atoms with van der Waals surface area (Å²) in [4.78, 5) is 0. The highest BCUT2D eigenvalue weighted by Gasteiger charge is 1.98. The van der Waals surface area contributed by atoms with E-state index in [0.717, 1.165) is 11.9 Å². The molecule has 4 heteroatoms. The van der Waals surface area contributed by atoms with E-state index in [9.17, 15) is 4.39 Å². The monoisotopic (exact) mass is 167 g/mol. The van der Waals surface area contributed by atoms with Crippen LogP contribution in [0.2, 0.25) is 0 Å². The molecule has 0 saturated carbocycles. The van der Waals surface area contributed by atoms with Crippen molar-refractivity contribution in [2.24, 2.45) is 10.8 Å². The van der Waals surface area contributed by atoms with E-state index in [4.69, 9.17) is 5.73 Å². The average molecular weight is 167 g/mol. The second-order valence-electron chi connectivity index (χ2n) is 2.37. The van der Waals surface area contributed by atoms with Crippen LogP contribution < -0.4 is 11.2 Å². The van der Waals surface area contributed by atoms with Gasteiger partial charge in [-0.05, 0) is 24.6 Å². The minimum Gasteiger partial charge on any atom is -0.388 e. The highest BCUT2D eigenvalue weighted by Crippen LogP contribution is 2.14. The molecule has 1 aromatic carbocycles. The number of hydrazone groups is 1. The Bertz CT molecular complexity index is 296. The predicted molar refractivity (Wildman–Crippen MR) is 47.4 cm³/mol. The molecule has 3 nitrogen and oxygen atoms in total. The fourth-order valence-corrected chi connectivity index (χ4v) is 0.818. The van der Waals surface area contributed by atoms with Gasteiger partial charge in [-0.2, -0.15) is 5.10 Å². The van der Waals surface area contributed by atoms with Crippen molar-refractivity contribution in [1.82, 2.24) is 0 Å². The van der Waals surface area contributed by atoms with E-state index in [2.05, 4.69) is 10.5 Å². The van der Waals surface area contributed by atoms with E-state index in [1.165, 1.54) is 6.07 Å². The maximum absolute atomic E-state index is 13.0. The largest absolute Gasteiger partial charge is 0.388 e. The smallest absolute Gasteiger partial charge is 0.148 e. The third kappa shape index (κ3) is 1.95. The van der Waals surface area contributed by atoms with Crippen LogP contribution in [0.4, 0.5) is 10.1 Å². The molecule has 0 radical (unpaired) electrons. The van der Waals surface area contributed by atoms with Gasteiger partial charge in [0.15, 0.2) is 0 Å². The number of nitrogens with two attached hydrogens (primary N) is 1. The first-order valence-corrected chi connectivity index (χ1v) is 3.49. The average Bonchev–Trinajstić information content (AvgIpc) is 2.03. The zero-order valence-electron chi connectivity index (χ0n) is 6.71. The Morgan fingerprint density at radius 2 is 2.33 bits per heavy atom. The number of nitrogens with one attached hydrogen (secondary N) is 1. The van der Waals surface area contributed by atoms with Crippen molar-refractivity contribution >= 4 is 12.0 Å². The third-order valence-corrected chi connectivity index (χ3v) is 1.38. The van der Waals surface area contributed by atoms with Gasteiger partial charge in [0.05, 0.1) is 5.69 Å². The van der Waals surface area contributed by atoms with Crippen LogP contribution in [0, 0.1) is 12.7 Å². The second kappa shape index (κ2) is 3.71. The number of nitrogens with zero attached hydrogens (tertiary/aromatic N) is 1. The summed E-state index contributed by atoms with van der Waals surface area (Å²) in [5.74, 6) is -0.333. The Labute approximate surface area is 70.1 Å². The first-order chi connectivity index (χ1) is 5.74. The second-order valence-corrected chi connectivity index (χ2v) is 2.37. The molecule has 0 aromatic heterocycles. The van der Waals surface area contributed by atoms with E-state index >= 15 is 0 Å². The standard InChI is InChI=1S/C8H10FN3/c1-6-2-3-8(7(9)4-6)12-11-5-10/h2-5,12H,1H3,(H2,10,11). The minimum atomic E-state index is -0.333. The maximum Gasteiger partial charge on any atom is 0.148 e. The predicted octanol–water partition coefficient (Wildman–Crippen LogP) is 1.45. The summed E-state index contributed by atoms with van der Waals surface area (Å²) < 4.78 is 13.0. The number of halogens is 1. The van der Waals surface area contributed by atoms with Crippen LogP contribution in [0.3, 0.4) is 0 Å². The molecule has 0 unspecified atom stereocenters. The van der Waals surface area contributed by atoms with Gasteiger partial charge in [-0.3, -0.25) is 5.43 Å². The van der Waals surface area contributed by atoms with Gasteiger partial charge in [-0.15, -0.1) is 0 Å². The van der Waals surface area contributed by atoms with Crippen LogP contribution in [-0.4, -0.2) is 6.34 Å². The Morgan fingerprint density at radius 1 is 1.58 bits per heavy atom. The van der Waals surface area contributed by atoms with Crippen LogP contribution in [0.15, 0.2) is 23.3 Å². The van der Waals surface area contributed by atoms with Gasteiger partial charge < -0.3 is 5.73 Å². The summed E-state index contributed by atoms with van der Waals surface area (Å²) in [5.41, 5.74) is 8.63. The first-order valence-electron chi connectivity index (χ1n) is 3.49. The van der Waals surface area contributed by atoms with Gasteiger partial charge in [-0.1, -0.05) is 6.07 Å². The Kier molecular flexibility index (Phi) is 2.63. The maximum atomic E-state index is 13.0. The van der Waals surface area contributed by atoms with E-state index < -0.39 is 0 Å². The van der Waals surface area contributed by atoms with Gasteiger partial charge in [0.25, 0.3) is 0 Å². The molecule has 1 aromatic rings. The molecule has 0 atom stereocenters. The van der Waals surface area contributed by atoms with Crippen LogP contribution in [-0.2, 0) is 0 Å². The molecule has 0 aliphatic carbocycles. The quantitative estimate of drug-likeness (QED) is 0.398. The van der Waals surface area contributed by atoms with Crippen LogP contribution in [0.1, 0.15) is 5.56 Å². The lowest BCUT2D eigenvalue weighted by Gasteiger charge is -2.01. The molecule has 3 N–H and O–H groups in total. The van der Waals surface area contributed by atoms with Crippen LogP contribution >= 0.6 is 0 Å². The summed E-state index contributed by atoms with van der Waals surface area (Å²) in [6.07, 6.45) is 1.07. The Balaban J connectivity index is 2.86. The van der Waals surface area contributed by atoms with Crippen molar-refractivity contribution in [3.63, 3.8) is 0 Å². The molecule has 0 aliphatic rings. The van der Waals surface area contributed by atoms with Crippen molar-refractivity contribution in [3.8, 4) is 0 Å². The van der Waals surface area contributed by atoms with E-state index in [1.807, 2.05) is 6.92 Å². The Morgan fingerprint density at radius 3 is 2.92 bits per heavy atom. The zero-order chi connectivity index (χ0) is 8.97. The van der Waals surface area contributed by atoms with Crippen LogP contribution in [0.5, 0.6) is 0 Å². The summed E-state index contributed by atoms with van der Waals surface area (Å²) in [5, 5.41) is 3.50. The lowest BCUT2D eigenvalue weighted by atomic mass is 10.2. The zero-order valence-corrected chi connectivity index (χ0v) is 6.71. The number of rotatable bonds is 2. The molecule has 0 spiro atoms. The highest BCUT2D eigenvalue weighted by molar-refractivity contribution is 5.55. The Hall–Kier alpha value is -1.58. The summed E-state index contributed by atoms with van der Waals surface area (Å²) >= 11 is 0. The fourth-order valence-electron chi connectivity index (χ4n) is 0.818. The minimum absolute atomic E-state index is 0.322. The topological polar surface area (TPSA) is 50.4 Å². The molecule has 1 rings (SSSR count). The molecular formula is C8H10FN3. The van der Waals surface area contributed by atoms with Gasteiger partial charge >= 0.3 is 0 Å². The third-order valence-electron chi connectivity index (χ3n) is 1.38. The molecule has 0 bridgehead atoms. The normalized spacial score (nSPS) is 10.5. The number of hydrogen-bond acceptors (Lipinski definition) is 2. The lowest BCUT2D eigenvalue weighted by molar-refractivity contribution is 0.629. The number of anilines is 1. The van der Waals surface area contributed by atoms with E-state index in [-0.39, 0.29) is 5.82 Å². The van der Waals surface area contributed by atoms with Crippen LogP contribution in [0.25, 0.3) is 0 Å². The van der Waals surface area contributed by atoms with Gasteiger partial charge in [0, 0.05) is 0 Å². The van der Waals surface area contributed by atoms with Crippen molar-refractivity contribution in [1.29, 1.82) is 0 Å². The fraction of sp³-hybridized carbons (Fsp3) is 0.125. The van der Waals surface area contributed by atoms with Crippen molar-refractivity contribution in [3.05, 3.63) is 29.6 Å². The summed E-state index contributed by atoms with van der Waals surface area (Å²) in [6.45, 7) is 1.82. The van der Waals surface area contributed by atoms with E-state index in [1.54, 1.807) is 12.1 Å². The van der Waals surface area contributed by atoms with Crippen molar-refractivity contribution in [2.45, 2.75) is 6.92 Å². The summed E-state index contributed by atoms with van der Waals surface area (Å²) in [7, 11) is 0. The van der Waals surface area contributed by atoms with Gasteiger partial charge in [0.2, 0.25) is 0 Å². The van der Waals surface area contributed by atoms with Gasteiger partial charge in [0.1, 0.15) is 12.2 Å². The van der Waals surface area contributed by atoms with Gasteiger partial charge in [-0.25, -0.2) is 4.39 Å². The summed E-state index contributed by atoms with van der Waals surface area (Å²) in [6, 6.07) is 4.82. The van der Waals surface area contributed by atoms with Crippen molar-refractivity contribution in [2.75, 3.05) is 5.43 Å². The number of benzene rings is 1. The number of hydrogen-bond donors (Lipinski definition) is 2. The molecule has 64 valence electrons. The molecule has 0 fully saturated rings. The van der Waals surface area contributed by atoms with E-state index in [0.29, 0.717) is 5.69 Å². The molecule has 0 aliphatic heterocycles. The highest BCUT2D eigenvalue weighted by atomic mass is 19.1. The van der Waals surface area contributed by atoms with Crippen molar-refractivity contribution < 1.29 is 4.39 Å². The lowest BCUT2D eigenvalue weighted by Crippen LogP contribution is -1.97. The molecule has 0 saturated heterocycles. The molecular weight excluding hydrogens is 157 g/mol. The SMILES string of the molecule is Cc1ccc(NN=CN)c(F)c1. The first kappa shape index (κ1) is 8.52. The molecule has 0 heterocycles. The number of aryl methyl sites for hydroxylation is 1.